The van der Waals surface area contributed by atoms with Crippen molar-refractivity contribution in [3.8, 4) is 0 Å². The van der Waals surface area contributed by atoms with Crippen LogP contribution in [0.1, 0.15) is 82.2 Å². The summed E-state index contributed by atoms with van der Waals surface area (Å²) in [7, 11) is 0. The molecule has 290 valence electrons. The minimum Gasteiger partial charge on any atom is -0.381 e. The van der Waals surface area contributed by atoms with Crippen molar-refractivity contribution in [1.29, 1.82) is 0 Å². The quantitative estimate of drug-likeness (QED) is 0.123. The van der Waals surface area contributed by atoms with Gasteiger partial charge in [-0.1, -0.05) is 70.9 Å². The molecule has 5 rings (SSSR count). The van der Waals surface area contributed by atoms with Crippen LogP contribution >= 0.6 is 0 Å². The highest BCUT2D eigenvalue weighted by molar-refractivity contribution is 5.97. The summed E-state index contributed by atoms with van der Waals surface area (Å²) in [6.45, 7) is 10.5. The van der Waals surface area contributed by atoms with Crippen LogP contribution < -0.4 is 21.3 Å². The van der Waals surface area contributed by atoms with Crippen LogP contribution in [-0.2, 0) is 44.6 Å². The number of aromatic amines is 1. The number of hydrogen-bond donors (Lipinski definition) is 5. The normalized spacial score (nSPS) is 20.2. The highest BCUT2D eigenvalue weighted by Gasteiger charge is 2.47. The van der Waals surface area contributed by atoms with Gasteiger partial charge in [-0.15, -0.1) is 0 Å². The molecule has 3 amide bonds. The minimum atomic E-state index is -4.60. The molecule has 5 atom stereocenters. The summed E-state index contributed by atoms with van der Waals surface area (Å²) in [5, 5.41) is 12.9. The minimum absolute atomic E-state index is 0.0552. The van der Waals surface area contributed by atoms with Crippen molar-refractivity contribution in [1.82, 2.24) is 26.3 Å². The molecule has 3 aromatic rings. The van der Waals surface area contributed by atoms with Crippen molar-refractivity contribution >= 4 is 28.6 Å². The lowest BCUT2D eigenvalue weighted by Gasteiger charge is -2.40. The van der Waals surface area contributed by atoms with Gasteiger partial charge in [-0.2, -0.15) is 13.2 Å². The molecule has 1 aromatic heterocycles. The van der Waals surface area contributed by atoms with Gasteiger partial charge in [0.25, 0.3) is 0 Å². The van der Waals surface area contributed by atoms with Crippen LogP contribution in [0.4, 0.5) is 17.6 Å². The summed E-state index contributed by atoms with van der Waals surface area (Å²) in [6.07, 6.45) is -1.40. The van der Waals surface area contributed by atoms with Gasteiger partial charge in [0.15, 0.2) is 0 Å². The van der Waals surface area contributed by atoms with Crippen LogP contribution in [0.25, 0.3) is 10.9 Å². The van der Waals surface area contributed by atoms with Crippen molar-refractivity contribution in [3.05, 3.63) is 70.7 Å². The van der Waals surface area contributed by atoms with Crippen LogP contribution in [0.3, 0.4) is 0 Å². The van der Waals surface area contributed by atoms with E-state index in [2.05, 4.69) is 26.3 Å². The molecule has 0 saturated carbocycles. The van der Waals surface area contributed by atoms with Crippen LogP contribution in [0.5, 0.6) is 0 Å². The zero-order valence-corrected chi connectivity index (χ0v) is 31.1. The first-order chi connectivity index (χ1) is 25.3. The Bertz CT molecular complexity index is 1740. The molecule has 0 spiro atoms. The lowest BCUT2D eigenvalue weighted by atomic mass is 9.78. The van der Waals surface area contributed by atoms with Crippen LogP contribution in [-0.4, -0.2) is 66.6 Å². The average molecular weight is 744 g/mol. The number of nitrogens with one attached hydrogen (secondary N) is 5. The number of benzene rings is 2. The summed E-state index contributed by atoms with van der Waals surface area (Å²) in [4.78, 5) is 45.3. The van der Waals surface area contributed by atoms with E-state index in [0.717, 1.165) is 45.1 Å². The Morgan fingerprint density at radius 1 is 0.981 bits per heavy atom. The first-order valence-corrected chi connectivity index (χ1v) is 18.9. The molecule has 2 heterocycles. The van der Waals surface area contributed by atoms with E-state index in [1.54, 1.807) is 19.1 Å². The molecule has 1 aliphatic heterocycles. The number of alkyl halides is 3. The maximum atomic E-state index is 14.7. The van der Waals surface area contributed by atoms with Gasteiger partial charge in [-0.3, -0.25) is 14.4 Å². The van der Waals surface area contributed by atoms with Crippen molar-refractivity contribution in [3.63, 3.8) is 0 Å². The fourth-order valence-electron chi connectivity index (χ4n) is 7.50. The smallest absolute Gasteiger partial charge is 0.381 e. The number of halogens is 4. The Balaban J connectivity index is 1.45. The molecular formula is C40H53F4N5O4. The third-order valence-corrected chi connectivity index (χ3v) is 11.3. The molecule has 53 heavy (non-hydrogen) atoms. The second-order valence-electron chi connectivity index (χ2n) is 14.9. The SMILES string of the molecule is CCC(C)[C@H](NC(=O)Cc1ccccc1F)C(=O)N[C@]1(C(=O)N[C@H](CNCC2CCOCC2)C(C)CC)CCc2[nH]c3c(C(F)(F)F)cccc3c2C1. The fraction of sp³-hybridized carbons (Fsp3) is 0.575. The largest absolute Gasteiger partial charge is 0.418 e. The van der Waals surface area contributed by atoms with E-state index in [0.29, 0.717) is 35.5 Å². The molecule has 0 bridgehead atoms. The average Bonchev–Trinajstić information content (AvgIpc) is 3.51. The first-order valence-electron chi connectivity index (χ1n) is 18.9. The summed E-state index contributed by atoms with van der Waals surface area (Å²) < 4.78 is 62.1. The number of rotatable bonds is 15. The molecule has 5 N–H and O–H groups in total. The third kappa shape index (κ3) is 9.59. The number of aryl methyl sites for hydroxylation is 1. The van der Waals surface area contributed by atoms with Crippen molar-refractivity contribution in [2.45, 2.75) is 103 Å². The number of hydrogen-bond acceptors (Lipinski definition) is 5. The Labute approximate surface area is 308 Å². The van der Waals surface area contributed by atoms with Crippen LogP contribution in [0, 0.1) is 23.6 Å². The zero-order chi connectivity index (χ0) is 38.3. The fourth-order valence-corrected chi connectivity index (χ4v) is 7.50. The summed E-state index contributed by atoms with van der Waals surface area (Å²) in [5.74, 6) is -1.93. The van der Waals surface area contributed by atoms with Gasteiger partial charge in [0.1, 0.15) is 17.4 Å². The van der Waals surface area contributed by atoms with E-state index in [1.807, 2.05) is 20.8 Å². The van der Waals surface area contributed by atoms with Crippen molar-refractivity contribution in [2.75, 3.05) is 26.3 Å². The zero-order valence-electron chi connectivity index (χ0n) is 31.1. The Morgan fingerprint density at radius 3 is 2.38 bits per heavy atom. The van der Waals surface area contributed by atoms with Gasteiger partial charge in [-0.05, 0) is 73.2 Å². The first kappa shape index (κ1) is 40.2. The number of aromatic nitrogens is 1. The maximum Gasteiger partial charge on any atom is 0.418 e. The predicted octanol–water partition coefficient (Wildman–Crippen LogP) is 5.99. The van der Waals surface area contributed by atoms with Gasteiger partial charge < -0.3 is 31.0 Å². The van der Waals surface area contributed by atoms with Gasteiger partial charge in [0.2, 0.25) is 17.7 Å². The monoisotopic (exact) mass is 743 g/mol. The Morgan fingerprint density at radius 2 is 1.70 bits per heavy atom. The van der Waals surface area contributed by atoms with E-state index in [9.17, 15) is 31.9 Å². The third-order valence-electron chi connectivity index (χ3n) is 11.3. The highest BCUT2D eigenvalue weighted by atomic mass is 19.4. The molecule has 0 radical (unpaired) electrons. The second-order valence-corrected chi connectivity index (χ2v) is 14.9. The molecule has 2 aromatic carbocycles. The molecule has 1 fully saturated rings. The number of para-hydroxylation sites is 1. The topological polar surface area (TPSA) is 124 Å². The standard InChI is InChI=1S/C40H53F4N5O4/c1-5-24(3)33(23-45-22-26-15-18-53-19-16-26)47-38(52)39(17-14-32-29(21-39)28-11-9-12-30(36(28)46-32)40(42,43)44)49-37(51)35(25(4)6-2)48-34(50)20-27-10-7-8-13-31(27)41/h7-13,24-26,33,35,45-46H,5-6,14-23H2,1-4H3,(H,47,52)(H,48,50)(H,49,51)/t24?,25?,33-,35+,39-/m1/s1. The summed E-state index contributed by atoms with van der Waals surface area (Å²) in [6, 6.07) is 8.53. The second kappa shape index (κ2) is 17.4. The van der Waals surface area contributed by atoms with Gasteiger partial charge in [0.05, 0.1) is 17.5 Å². The van der Waals surface area contributed by atoms with E-state index in [-0.39, 0.29) is 54.6 Å². The number of amides is 3. The van der Waals surface area contributed by atoms with E-state index in [4.69, 9.17) is 4.74 Å². The lowest BCUT2D eigenvalue weighted by Crippen LogP contribution is -2.66. The van der Waals surface area contributed by atoms with Crippen LogP contribution in [0.2, 0.25) is 0 Å². The van der Waals surface area contributed by atoms with E-state index in [1.165, 1.54) is 24.3 Å². The molecule has 9 nitrogen and oxygen atoms in total. The maximum absolute atomic E-state index is 14.7. The Kier molecular flexibility index (Phi) is 13.2. The van der Waals surface area contributed by atoms with Crippen LogP contribution in [0.15, 0.2) is 42.5 Å². The van der Waals surface area contributed by atoms with Crippen molar-refractivity contribution in [2.24, 2.45) is 17.8 Å². The van der Waals surface area contributed by atoms with Crippen molar-refractivity contribution < 1.29 is 36.7 Å². The number of fused-ring (bicyclic) bond motifs is 3. The number of carbonyl (C=O) groups is 3. The lowest BCUT2D eigenvalue weighted by molar-refractivity contribution is -0.137. The molecule has 2 aliphatic rings. The number of ether oxygens (including phenoxy) is 1. The molecule has 2 unspecified atom stereocenters. The number of carbonyl (C=O) groups excluding carboxylic acids is 3. The molecular weight excluding hydrogens is 690 g/mol. The van der Waals surface area contributed by atoms with E-state index < -0.39 is 46.9 Å². The Hall–Kier alpha value is -3.97. The summed E-state index contributed by atoms with van der Waals surface area (Å²) >= 11 is 0. The molecule has 1 saturated heterocycles. The molecule has 1 aliphatic carbocycles. The summed E-state index contributed by atoms with van der Waals surface area (Å²) in [5.41, 5.74) is -1.09. The van der Waals surface area contributed by atoms with E-state index >= 15 is 0 Å². The molecule has 13 heteroatoms. The highest BCUT2D eigenvalue weighted by Crippen LogP contribution is 2.40. The van der Waals surface area contributed by atoms with Gasteiger partial charge in [0, 0.05) is 43.3 Å². The van der Waals surface area contributed by atoms with Gasteiger partial charge >= 0.3 is 6.18 Å². The van der Waals surface area contributed by atoms with Gasteiger partial charge in [-0.25, -0.2) is 4.39 Å². The predicted molar refractivity (Wildman–Crippen MR) is 195 cm³/mol. The number of H-pyrrole nitrogens is 1.